The molecule has 0 saturated heterocycles. The molecule has 1 aromatic rings. The first-order valence-electron chi connectivity index (χ1n) is 3.46. The second kappa shape index (κ2) is 3.42. The molecule has 0 aliphatic heterocycles. The lowest BCUT2D eigenvalue weighted by atomic mass is 10.3. The fourth-order valence-electron chi connectivity index (χ4n) is 0.789. The van der Waals surface area contributed by atoms with Crippen LogP contribution in [0.25, 0.3) is 0 Å². The molecule has 0 spiro atoms. The van der Waals surface area contributed by atoms with E-state index in [1.54, 1.807) is 6.26 Å². The summed E-state index contributed by atoms with van der Waals surface area (Å²) in [6.07, 6.45) is 2.71. The molecule has 0 bridgehead atoms. The smallest absolute Gasteiger partial charge is 0.105 e. The first kappa shape index (κ1) is 7.35. The summed E-state index contributed by atoms with van der Waals surface area (Å²) in [5, 5.41) is 0. The van der Waals surface area contributed by atoms with E-state index in [-0.39, 0.29) is 0 Å². The van der Waals surface area contributed by atoms with Gasteiger partial charge in [0.25, 0.3) is 0 Å². The SMILES string of the molecule is CN(C)CCc1ccco1. The Hall–Kier alpha value is -0.760. The molecule has 0 radical (unpaired) electrons. The van der Waals surface area contributed by atoms with Crippen molar-refractivity contribution < 1.29 is 4.42 Å². The number of hydrogen-bond acceptors (Lipinski definition) is 2. The second-order valence-electron chi connectivity index (χ2n) is 2.63. The fourth-order valence-corrected chi connectivity index (χ4v) is 0.789. The average Bonchev–Trinajstić information content (AvgIpc) is 2.34. The number of rotatable bonds is 3. The van der Waals surface area contributed by atoms with E-state index in [9.17, 15) is 0 Å². The molecule has 56 valence electrons. The van der Waals surface area contributed by atoms with Gasteiger partial charge in [-0.1, -0.05) is 0 Å². The van der Waals surface area contributed by atoms with Gasteiger partial charge in [0.2, 0.25) is 0 Å². The lowest BCUT2D eigenvalue weighted by molar-refractivity contribution is 0.390. The van der Waals surface area contributed by atoms with Gasteiger partial charge in [0.05, 0.1) is 6.26 Å². The van der Waals surface area contributed by atoms with Crippen molar-refractivity contribution in [2.75, 3.05) is 20.6 Å². The van der Waals surface area contributed by atoms with Gasteiger partial charge in [0, 0.05) is 13.0 Å². The lowest BCUT2D eigenvalue weighted by Gasteiger charge is -2.06. The second-order valence-corrected chi connectivity index (χ2v) is 2.63. The van der Waals surface area contributed by atoms with Crippen LogP contribution < -0.4 is 0 Å². The molecule has 1 rings (SSSR count). The van der Waals surface area contributed by atoms with Gasteiger partial charge in [-0.15, -0.1) is 0 Å². The molecular formula is C8H13NO. The highest BCUT2D eigenvalue weighted by molar-refractivity contribution is 4.98. The van der Waals surface area contributed by atoms with Crippen LogP contribution >= 0.6 is 0 Å². The van der Waals surface area contributed by atoms with Crippen LogP contribution in [0.3, 0.4) is 0 Å². The summed E-state index contributed by atoms with van der Waals surface area (Å²) in [6.45, 7) is 1.05. The maximum atomic E-state index is 5.16. The van der Waals surface area contributed by atoms with Crippen LogP contribution in [-0.2, 0) is 6.42 Å². The molecule has 0 unspecified atom stereocenters. The molecule has 2 heteroatoms. The van der Waals surface area contributed by atoms with Gasteiger partial charge in [-0.2, -0.15) is 0 Å². The van der Waals surface area contributed by atoms with Crippen molar-refractivity contribution in [2.24, 2.45) is 0 Å². The van der Waals surface area contributed by atoms with Gasteiger partial charge in [-0.25, -0.2) is 0 Å². The van der Waals surface area contributed by atoms with E-state index in [0.29, 0.717) is 0 Å². The molecule has 0 saturated carbocycles. The zero-order valence-electron chi connectivity index (χ0n) is 6.50. The minimum atomic E-state index is 1.00. The summed E-state index contributed by atoms with van der Waals surface area (Å²) >= 11 is 0. The average molecular weight is 139 g/mol. The minimum Gasteiger partial charge on any atom is -0.469 e. The summed E-state index contributed by atoms with van der Waals surface area (Å²) in [7, 11) is 4.12. The predicted octanol–water partition coefficient (Wildman–Crippen LogP) is 1.38. The third kappa shape index (κ3) is 2.23. The molecular weight excluding hydrogens is 126 g/mol. The van der Waals surface area contributed by atoms with Crippen molar-refractivity contribution in [3.05, 3.63) is 24.2 Å². The van der Waals surface area contributed by atoms with Crippen LogP contribution in [-0.4, -0.2) is 25.5 Å². The maximum Gasteiger partial charge on any atom is 0.105 e. The summed E-state index contributed by atoms with van der Waals surface area (Å²) in [5.41, 5.74) is 0. The molecule has 0 aliphatic rings. The Balaban J connectivity index is 2.28. The fraction of sp³-hybridized carbons (Fsp3) is 0.500. The van der Waals surface area contributed by atoms with E-state index in [1.807, 2.05) is 12.1 Å². The van der Waals surface area contributed by atoms with Gasteiger partial charge in [-0.3, -0.25) is 0 Å². The summed E-state index contributed by atoms with van der Waals surface area (Å²) in [6, 6.07) is 3.93. The van der Waals surface area contributed by atoms with Crippen LogP contribution in [0.1, 0.15) is 5.76 Å². The number of furan rings is 1. The van der Waals surface area contributed by atoms with E-state index in [4.69, 9.17) is 4.42 Å². The summed E-state index contributed by atoms with van der Waals surface area (Å²) < 4.78 is 5.16. The largest absolute Gasteiger partial charge is 0.469 e. The Bertz CT molecular complexity index is 167. The number of nitrogens with zero attached hydrogens (tertiary/aromatic N) is 1. The highest BCUT2D eigenvalue weighted by Crippen LogP contribution is 2.00. The van der Waals surface area contributed by atoms with Crippen LogP contribution in [0.15, 0.2) is 22.8 Å². The first-order valence-corrected chi connectivity index (χ1v) is 3.46. The summed E-state index contributed by atoms with van der Waals surface area (Å²) in [5.74, 6) is 1.06. The summed E-state index contributed by atoms with van der Waals surface area (Å²) in [4.78, 5) is 2.14. The zero-order valence-corrected chi connectivity index (χ0v) is 6.50. The molecule has 2 nitrogen and oxygen atoms in total. The van der Waals surface area contributed by atoms with Crippen molar-refractivity contribution in [1.82, 2.24) is 4.90 Å². The highest BCUT2D eigenvalue weighted by atomic mass is 16.3. The Morgan fingerprint density at radius 2 is 2.30 bits per heavy atom. The highest BCUT2D eigenvalue weighted by Gasteiger charge is 1.94. The third-order valence-corrected chi connectivity index (χ3v) is 1.39. The van der Waals surface area contributed by atoms with Gasteiger partial charge >= 0.3 is 0 Å². The van der Waals surface area contributed by atoms with E-state index in [0.717, 1.165) is 18.7 Å². The normalized spacial score (nSPS) is 10.7. The first-order chi connectivity index (χ1) is 4.79. The van der Waals surface area contributed by atoms with Gasteiger partial charge in [0.15, 0.2) is 0 Å². The maximum absolute atomic E-state index is 5.16. The Kier molecular flexibility index (Phi) is 2.51. The van der Waals surface area contributed by atoms with Gasteiger partial charge < -0.3 is 9.32 Å². The quantitative estimate of drug-likeness (QED) is 0.629. The van der Waals surface area contributed by atoms with Crippen LogP contribution in [0.2, 0.25) is 0 Å². The monoisotopic (exact) mass is 139 g/mol. The standard InChI is InChI=1S/C8H13NO/c1-9(2)6-5-8-4-3-7-10-8/h3-4,7H,5-6H2,1-2H3. The Morgan fingerprint density at radius 1 is 1.50 bits per heavy atom. The third-order valence-electron chi connectivity index (χ3n) is 1.39. The van der Waals surface area contributed by atoms with Crippen molar-refractivity contribution in [3.63, 3.8) is 0 Å². The molecule has 0 aromatic carbocycles. The number of hydrogen-bond donors (Lipinski definition) is 0. The Morgan fingerprint density at radius 3 is 2.80 bits per heavy atom. The molecule has 0 fully saturated rings. The predicted molar refractivity (Wildman–Crippen MR) is 41.0 cm³/mol. The molecule has 0 amide bonds. The topological polar surface area (TPSA) is 16.4 Å². The van der Waals surface area contributed by atoms with Crippen LogP contribution in [0.4, 0.5) is 0 Å². The van der Waals surface area contributed by atoms with Crippen molar-refractivity contribution in [2.45, 2.75) is 6.42 Å². The molecule has 10 heavy (non-hydrogen) atoms. The molecule has 0 aliphatic carbocycles. The van der Waals surface area contributed by atoms with Crippen molar-refractivity contribution >= 4 is 0 Å². The zero-order chi connectivity index (χ0) is 7.40. The molecule has 1 aromatic heterocycles. The molecule has 0 N–H and O–H groups in total. The van der Waals surface area contributed by atoms with Crippen molar-refractivity contribution in [1.29, 1.82) is 0 Å². The number of likely N-dealkylation sites (N-methyl/N-ethyl adjacent to an activating group) is 1. The van der Waals surface area contributed by atoms with Crippen LogP contribution in [0, 0.1) is 0 Å². The van der Waals surface area contributed by atoms with Gasteiger partial charge in [0.1, 0.15) is 5.76 Å². The van der Waals surface area contributed by atoms with Crippen LogP contribution in [0.5, 0.6) is 0 Å². The van der Waals surface area contributed by atoms with E-state index < -0.39 is 0 Å². The minimum absolute atomic E-state index is 1.00. The van der Waals surface area contributed by atoms with E-state index in [2.05, 4.69) is 19.0 Å². The lowest BCUT2D eigenvalue weighted by Crippen LogP contribution is -2.14. The molecule has 1 heterocycles. The molecule has 0 atom stereocenters. The van der Waals surface area contributed by atoms with E-state index >= 15 is 0 Å². The Labute approximate surface area is 61.4 Å². The van der Waals surface area contributed by atoms with Gasteiger partial charge in [-0.05, 0) is 26.2 Å². The van der Waals surface area contributed by atoms with E-state index in [1.165, 1.54) is 0 Å². The van der Waals surface area contributed by atoms with Crippen molar-refractivity contribution in [3.8, 4) is 0 Å².